The van der Waals surface area contributed by atoms with E-state index < -0.39 is 0 Å². The van der Waals surface area contributed by atoms with Crippen LogP contribution in [0.1, 0.15) is 5.56 Å². The molecule has 12 heavy (non-hydrogen) atoms. The molecular formula is C8H6ClNOS. The minimum Gasteiger partial charge on any atom is -0.312 e. The fourth-order valence-corrected chi connectivity index (χ4v) is 2.15. The van der Waals surface area contributed by atoms with E-state index in [0.717, 1.165) is 15.8 Å². The Bertz CT molecular complexity index is 459. The normalized spacial score (nSPS) is 10.8. The molecule has 0 fully saturated rings. The van der Waals surface area contributed by atoms with Gasteiger partial charge in [0.1, 0.15) is 0 Å². The maximum Gasteiger partial charge on any atom is 0.305 e. The van der Waals surface area contributed by atoms with E-state index >= 15 is 0 Å². The molecule has 0 atom stereocenters. The first-order chi connectivity index (χ1) is 5.81. The number of alkyl halides is 1. The molecule has 0 amide bonds. The summed E-state index contributed by atoms with van der Waals surface area (Å²) in [5.74, 6) is 0.435. The second-order valence-electron chi connectivity index (χ2n) is 2.44. The van der Waals surface area contributed by atoms with Gasteiger partial charge in [-0.1, -0.05) is 23.5 Å². The lowest BCUT2D eigenvalue weighted by Gasteiger charge is -1.94. The van der Waals surface area contributed by atoms with E-state index in [9.17, 15) is 4.79 Å². The van der Waals surface area contributed by atoms with Crippen molar-refractivity contribution in [2.24, 2.45) is 0 Å². The van der Waals surface area contributed by atoms with E-state index in [-0.39, 0.29) is 4.87 Å². The molecule has 2 aromatic rings. The molecule has 0 saturated heterocycles. The molecule has 1 aromatic carbocycles. The molecular weight excluding hydrogens is 194 g/mol. The predicted octanol–water partition coefficient (Wildman–Crippen LogP) is 2.33. The standard InChI is InChI=1S/C8H6ClNOS/c9-4-5-2-1-3-6-7(5)10-8(11)12-6/h1-3H,4H2,(H,10,11). The summed E-state index contributed by atoms with van der Waals surface area (Å²) in [5.41, 5.74) is 1.86. The Balaban J connectivity index is 2.87. The van der Waals surface area contributed by atoms with Crippen LogP contribution in [-0.4, -0.2) is 4.98 Å². The summed E-state index contributed by atoms with van der Waals surface area (Å²) in [6.07, 6.45) is 0. The molecule has 4 heteroatoms. The highest BCUT2D eigenvalue weighted by Crippen LogP contribution is 2.19. The maximum atomic E-state index is 11.0. The van der Waals surface area contributed by atoms with Gasteiger partial charge in [-0.3, -0.25) is 4.79 Å². The lowest BCUT2D eigenvalue weighted by molar-refractivity contribution is 1.34. The third-order valence-corrected chi connectivity index (χ3v) is 2.82. The Morgan fingerprint density at radius 1 is 1.50 bits per heavy atom. The van der Waals surface area contributed by atoms with Gasteiger partial charge in [0.15, 0.2) is 0 Å². The Kier molecular flexibility index (Phi) is 1.90. The summed E-state index contributed by atoms with van der Waals surface area (Å²) in [7, 11) is 0. The molecule has 1 N–H and O–H groups in total. The van der Waals surface area contributed by atoms with Crippen LogP contribution in [0.3, 0.4) is 0 Å². The van der Waals surface area contributed by atoms with Crippen molar-refractivity contribution in [1.29, 1.82) is 0 Å². The van der Waals surface area contributed by atoms with Crippen LogP contribution in [0, 0.1) is 0 Å². The molecule has 0 unspecified atom stereocenters. The predicted molar refractivity (Wildman–Crippen MR) is 52.0 cm³/mol. The lowest BCUT2D eigenvalue weighted by atomic mass is 10.2. The van der Waals surface area contributed by atoms with E-state index in [1.54, 1.807) is 0 Å². The number of para-hydroxylation sites is 1. The Hall–Kier alpha value is -0.800. The number of benzene rings is 1. The number of nitrogens with one attached hydrogen (secondary N) is 1. The van der Waals surface area contributed by atoms with Gasteiger partial charge in [-0.25, -0.2) is 0 Å². The summed E-state index contributed by atoms with van der Waals surface area (Å²) in [6, 6.07) is 5.73. The number of thiazole rings is 1. The first-order valence-corrected chi connectivity index (χ1v) is 4.83. The van der Waals surface area contributed by atoms with Crippen molar-refractivity contribution in [2.45, 2.75) is 5.88 Å². The van der Waals surface area contributed by atoms with Gasteiger partial charge < -0.3 is 4.98 Å². The summed E-state index contributed by atoms with van der Waals surface area (Å²) in [5, 5.41) is 0. The number of aromatic nitrogens is 1. The first kappa shape index (κ1) is 7.83. The van der Waals surface area contributed by atoms with Gasteiger partial charge >= 0.3 is 4.87 Å². The van der Waals surface area contributed by atoms with Crippen molar-refractivity contribution in [3.8, 4) is 0 Å². The molecule has 0 aliphatic heterocycles. The van der Waals surface area contributed by atoms with E-state index in [1.165, 1.54) is 11.3 Å². The van der Waals surface area contributed by atoms with E-state index in [4.69, 9.17) is 11.6 Å². The van der Waals surface area contributed by atoms with Crippen LogP contribution < -0.4 is 4.87 Å². The van der Waals surface area contributed by atoms with Crippen molar-refractivity contribution < 1.29 is 0 Å². The minimum atomic E-state index is -0.0254. The third kappa shape index (κ3) is 1.15. The van der Waals surface area contributed by atoms with E-state index in [2.05, 4.69) is 4.98 Å². The summed E-state index contributed by atoms with van der Waals surface area (Å²) < 4.78 is 0.971. The molecule has 2 rings (SSSR count). The van der Waals surface area contributed by atoms with Gasteiger partial charge in [0.25, 0.3) is 0 Å². The number of H-pyrrole nitrogens is 1. The van der Waals surface area contributed by atoms with E-state index in [1.807, 2.05) is 18.2 Å². The largest absolute Gasteiger partial charge is 0.312 e. The quantitative estimate of drug-likeness (QED) is 0.703. The van der Waals surface area contributed by atoms with Crippen molar-refractivity contribution in [1.82, 2.24) is 4.98 Å². The monoisotopic (exact) mass is 199 g/mol. The average molecular weight is 200 g/mol. The van der Waals surface area contributed by atoms with Crippen molar-refractivity contribution in [3.05, 3.63) is 33.4 Å². The molecule has 1 heterocycles. The number of fused-ring (bicyclic) bond motifs is 1. The SMILES string of the molecule is O=c1[nH]c2c(CCl)cccc2s1. The topological polar surface area (TPSA) is 32.9 Å². The molecule has 0 saturated carbocycles. The summed E-state index contributed by atoms with van der Waals surface area (Å²) in [6.45, 7) is 0. The number of halogens is 1. The fourth-order valence-electron chi connectivity index (χ4n) is 1.14. The average Bonchev–Trinajstić information content (AvgIpc) is 2.44. The summed E-state index contributed by atoms with van der Waals surface area (Å²) in [4.78, 5) is 13.7. The van der Waals surface area contributed by atoms with Gasteiger partial charge in [-0.05, 0) is 11.6 Å². The second kappa shape index (κ2) is 2.92. The van der Waals surface area contributed by atoms with Gasteiger partial charge in [-0.15, -0.1) is 11.6 Å². The third-order valence-electron chi connectivity index (χ3n) is 1.69. The highest BCUT2D eigenvalue weighted by molar-refractivity contribution is 7.16. The molecule has 0 bridgehead atoms. The Morgan fingerprint density at radius 3 is 3.08 bits per heavy atom. The van der Waals surface area contributed by atoms with Crippen LogP contribution in [0.25, 0.3) is 10.2 Å². The zero-order valence-electron chi connectivity index (χ0n) is 6.13. The molecule has 0 aliphatic carbocycles. The van der Waals surface area contributed by atoms with Crippen molar-refractivity contribution in [3.63, 3.8) is 0 Å². The van der Waals surface area contributed by atoms with Crippen LogP contribution in [0.2, 0.25) is 0 Å². The Labute approximate surface area is 77.8 Å². The first-order valence-electron chi connectivity index (χ1n) is 3.48. The van der Waals surface area contributed by atoms with Crippen molar-refractivity contribution in [2.75, 3.05) is 0 Å². The van der Waals surface area contributed by atoms with Crippen LogP contribution in [0.15, 0.2) is 23.0 Å². The zero-order valence-corrected chi connectivity index (χ0v) is 7.71. The molecule has 62 valence electrons. The minimum absolute atomic E-state index is 0.0254. The molecule has 0 spiro atoms. The zero-order chi connectivity index (χ0) is 8.55. The Morgan fingerprint density at radius 2 is 2.33 bits per heavy atom. The second-order valence-corrected chi connectivity index (χ2v) is 3.72. The number of hydrogen-bond acceptors (Lipinski definition) is 2. The smallest absolute Gasteiger partial charge is 0.305 e. The van der Waals surface area contributed by atoms with Crippen LogP contribution >= 0.6 is 22.9 Å². The van der Waals surface area contributed by atoms with Crippen molar-refractivity contribution >= 4 is 33.2 Å². The highest BCUT2D eigenvalue weighted by Gasteiger charge is 2.02. The molecule has 0 radical (unpaired) electrons. The van der Waals surface area contributed by atoms with Crippen LogP contribution in [-0.2, 0) is 5.88 Å². The van der Waals surface area contributed by atoms with E-state index in [0.29, 0.717) is 5.88 Å². The van der Waals surface area contributed by atoms with Crippen LogP contribution in [0.5, 0.6) is 0 Å². The van der Waals surface area contributed by atoms with Gasteiger partial charge in [-0.2, -0.15) is 0 Å². The molecule has 0 aliphatic rings. The maximum absolute atomic E-state index is 11.0. The van der Waals surface area contributed by atoms with Gasteiger partial charge in [0.2, 0.25) is 0 Å². The van der Waals surface area contributed by atoms with Crippen LogP contribution in [0.4, 0.5) is 0 Å². The number of aromatic amines is 1. The number of rotatable bonds is 1. The fraction of sp³-hybridized carbons (Fsp3) is 0.125. The lowest BCUT2D eigenvalue weighted by Crippen LogP contribution is -1.91. The van der Waals surface area contributed by atoms with Gasteiger partial charge in [0, 0.05) is 5.88 Å². The number of hydrogen-bond donors (Lipinski definition) is 1. The van der Waals surface area contributed by atoms with Gasteiger partial charge in [0.05, 0.1) is 10.2 Å². The molecule has 1 aromatic heterocycles. The summed E-state index contributed by atoms with van der Waals surface area (Å²) >= 11 is 6.91. The highest BCUT2D eigenvalue weighted by atomic mass is 35.5. The molecule has 2 nitrogen and oxygen atoms in total.